The highest BCUT2D eigenvalue weighted by Crippen LogP contribution is 2.75. The number of rotatable bonds is 4. The van der Waals surface area contributed by atoms with Gasteiger partial charge in [-0.1, -0.05) is 46.3 Å². The van der Waals surface area contributed by atoms with E-state index < -0.39 is 5.60 Å². The number of carbonyl (C=O) groups is 1. The molecular weight excluding hydrogens is 408 g/mol. The molecule has 4 aliphatic carbocycles. The predicted octanol–water partition coefficient (Wildman–Crippen LogP) is 6.71. The molecule has 3 nitrogen and oxygen atoms in total. The van der Waals surface area contributed by atoms with Gasteiger partial charge in [0.15, 0.2) is 0 Å². The first kappa shape index (κ1) is 25.4. The van der Waals surface area contributed by atoms with Gasteiger partial charge in [-0.2, -0.15) is 0 Å². The van der Waals surface area contributed by atoms with Gasteiger partial charge in [0, 0.05) is 12.3 Å². The number of aliphatic hydroxyl groups is 2. The molecule has 4 aliphatic rings. The van der Waals surface area contributed by atoms with Gasteiger partial charge in [0.1, 0.15) is 5.78 Å². The van der Waals surface area contributed by atoms with E-state index in [1.165, 1.54) is 5.57 Å². The van der Waals surface area contributed by atoms with Gasteiger partial charge < -0.3 is 10.2 Å². The Hall–Kier alpha value is -0.670. The van der Waals surface area contributed by atoms with Crippen molar-refractivity contribution in [2.45, 2.75) is 125 Å². The summed E-state index contributed by atoms with van der Waals surface area (Å²) in [5.74, 6) is 1.29. The molecule has 0 saturated heterocycles. The van der Waals surface area contributed by atoms with Crippen molar-refractivity contribution in [2.24, 2.45) is 45.3 Å². The Labute approximate surface area is 202 Å². The summed E-state index contributed by atoms with van der Waals surface area (Å²) >= 11 is 0. The largest absolute Gasteiger partial charge is 0.393 e. The maximum absolute atomic E-state index is 14.0. The van der Waals surface area contributed by atoms with Crippen LogP contribution in [-0.2, 0) is 4.79 Å². The number of fused-ring (bicyclic) bond motifs is 5. The van der Waals surface area contributed by atoms with Crippen LogP contribution in [0, 0.1) is 45.3 Å². The van der Waals surface area contributed by atoms with Crippen molar-refractivity contribution in [3.05, 3.63) is 11.6 Å². The molecule has 5 unspecified atom stereocenters. The van der Waals surface area contributed by atoms with Crippen molar-refractivity contribution in [1.29, 1.82) is 0 Å². The molecule has 4 fully saturated rings. The molecular formula is C30H50O3. The quantitative estimate of drug-likeness (QED) is 0.460. The van der Waals surface area contributed by atoms with Crippen LogP contribution in [0.5, 0.6) is 0 Å². The molecule has 0 aromatic heterocycles. The minimum atomic E-state index is -0.800. The van der Waals surface area contributed by atoms with Crippen molar-refractivity contribution in [3.63, 3.8) is 0 Å². The fraction of sp³-hybridized carbons (Fsp3) is 0.900. The fourth-order valence-electron chi connectivity index (χ4n) is 9.96. The molecule has 188 valence electrons. The van der Waals surface area contributed by atoms with Crippen molar-refractivity contribution >= 4 is 5.78 Å². The third kappa shape index (κ3) is 3.53. The molecule has 9 atom stereocenters. The molecule has 33 heavy (non-hydrogen) atoms. The van der Waals surface area contributed by atoms with Gasteiger partial charge in [0.25, 0.3) is 0 Å². The van der Waals surface area contributed by atoms with E-state index in [0.717, 1.165) is 51.4 Å². The van der Waals surface area contributed by atoms with Gasteiger partial charge in [-0.25, -0.2) is 0 Å². The molecule has 0 spiro atoms. The lowest BCUT2D eigenvalue weighted by atomic mass is 9.35. The summed E-state index contributed by atoms with van der Waals surface area (Å²) < 4.78 is 0. The van der Waals surface area contributed by atoms with E-state index in [1.807, 2.05) is 6.92 Å². The fourth-order valence-corrected chi connectivity index (χ4v) is 9.96. The zero-order valence-electron chi connectivity index (χ0n) is 22.6. The number of aliphatic hydroxyl groups excluding tert-OH is 1. The normalized spacial score (nSPS) is 48.3. The third-order valence-electron chi connectivity index (χ3n) is 12.1. The Morgan fingerprint density at radius 2 is 1.64 bits per heavy atom. The Bertz CT molecular complexity index is 820. The van der Waals surface area contributed by atoms with Crippen LogP contribution in [0.2, 0.25) is 0 Å². The summed E-state index contributed by atoms with van der Waals surface area (Å²) in [5, 5.41) is 22.4. The first-order chi connectivity index (χ1) is 15.1. The minimum absolute atomic E-state index is 0.0252. The van der Waals surface area contributed by atoms with Gasteiger partial charge in [0.2, 0.25) is 0 Å². The standard InChI is InChI=1S/C30H50O3/c1-19(2)10-9-14-30(8,33)20-11-16-29(7)25(20)21(31)18-23-27(5)15-13-24(32)26(3,4)22(27)12-17-28(23,29)6/h10,20,22-25,32-33H,9,11-18H2,1-8H3/t20?,22?,23?,24-,25?,27-,28+,29+,30?/m0/s1. The third-order valence-corrected chi connectivity index (χ3v) is 12.1. The number of hydrogen-bond acceptors (Lipinski definition) is 3. The van der Waals surface area contributed by atoms with E-state index in [4.69, 9.17) is 0 Å². The SMILES string of the molecule is CC(C)=CCCC(C)(O)C1CC[C@]2(C)C1C(=O)CC1[C@@]3(C)CC[C@H](O)C(C)(C)C3CC[C@]12C. The average Bonchev–Trinajstić information content (AvgIpc) is 3.08. The Balaban J connectivity index is 1.67. The van der Waals surface area contributed by atoms with Crippen molar-refractivity contribution < 1.29 is 15.0 Å². The smallest absolute Gasteiger partial charge is 0.137 e. The first-order valence-electron chi connectivity index (χ1n) is 13.7. The molecule has 4 rings (SSSR count). The molecule has 0 heterocycles. The lowest BCUT2D eigenvalue weighted by molar-refractivity contribution is -0.221. The van der Waals surface area contributed by atoms with Crippen LogP contribution < -0.4 is 0 Å². The van der Waals surface area contributed by atoms with E-state index in [2.05, 4.69) is 54.5 Å². The van der Waals surface area contributed by atoms with E-state index in [9.17, 15) is 15.0 Å². The predicted molar refractivity (Wildman–Crippen MR) is 135 cm³/mol. The van der Waals surface area contributed by atoms with Crippen LogP contribution in [0.4, 0.5) is 0 Å². The van der Waals surface area contributed by atoms with Crippen molar-refractivity contribution in [2.75, 3.05) is 0 Å². The Morgan fingerprint density at radius 3 is 2.27 bits per heavy atom. The number of carbonyl (C=O) groups excluding carboxylic acids is 1. The van der Waals surface area contributed by atoms with Crippen molar-refractivity contribution in [1.82, 2.24) is 0 Å². The van der Waals surface area contributed by atoms with E-state index in [1.54, 1.807) is 0 Å². The van der Waals surface area contributed by atoms with Crippen LogP contribution in [0.1, 0.15) is 113 Å². The lowest BCUT2D eigenvalue weighted by Crippen LogP contribution is -2.65. The van der Waals surface area contributed by atoms with Gasteiger partial charge in [-0.05, 0) is 112 Å². The molecule has 0 bridgehead atoms. The topological polar surface area (TPSA) is 57.5 Å². The van der Waals surface area contributed by atoms with Crippen LogP contribution in [0.3, 0.4) is 0 Å². The molecule has 0 aliphatic heterocycles. The minimum Gasteiger partial charge on any atom is -0.393 e. The monoisotopic (exact) mass is 458 g/mol. The van der Waals surface area contributed by atoms with Gasteiger partial charge in [0.05, 0.1) is 11.7 Å². The van der Waals surface area contributed by atoms with Crippen LogP contribution in [0.15, 0.2) is 11.6 Å². The number of Topliss-reactive ketones (excluding diaryl/α,β-unsaturated/α-hetero) is 1. The first-order valence-corrected chi connectivity index (χ1v) is 13.7. The summed E-state index contributed by atoms with van der Waals surface area (Å²) in [6.45, 7) is 18.1. The highest BCUT2D eigenvalue weighted by Gasteiger charge is 2.71. The van der Waals surface area contributed by atoms with Crippen molar-refractivity contribution in [3.8, 4) is 0 Å². The molecule has 3 heteroatoms. The molecule has 4 saturated carbocycles. The average molecular weight is 459 g/mol. The number of ketones is 1. The summed E-state index contributed by atoms with van der Waals surface area (Å²) in [4.78, 5) is 14.0. The van der Waals surface area contributed by atoms with E-state index in [-0.39, 0.29) is 39.6 Å². The zero-order chi connectivity index (χ0) is 24.6. The molecule has 0 aromatic carbocycles. The summed E-state index contributed by atoms with van der Waals surface area (Å²) in [6, 6.07) is 0. The van der Waals surface area contributed by atoms with E-state index in [0.29, 0.717) is 24.0 Å². The molecule has 0 amide bonds. The number of allylic oxidation sites excluding steroid dienone is 2. The zero-order valence-corrected chi connectivity index (χ0v) is 22.6. The second kappa shape index (κ2) is 7.92. The van der Waals surface area contributed by atoms with Gasteiger partial charge in [-0.15, -0.1) is 0 Å². The van der Waals surface area contributed by atoms with E-state index >= 15 is 0 Å². The summed E-state index contributed by atoms with van der Waals surface area (Å²) in [6.07, 6.45) is 10.4. The van der Waals surface area contributed by atoms with Crippen LogP contribution in [-0.4, -0.2) is 27.7 Å². The highest BCUT2D eigenvalue weighted by atomic mass is 16.3. The molecule has 0 aromatic rings. The maximum atomic E-state index is 14.0. The van der Waals surface area contributed by atoms with Crippen LogP contribution in [0.25, 0.3) is 0 Å². The molecule has 2 N–H and O–H groups in total. The molecule has 0 radical (unpaired) electrons. The second-order valence-corrected chi connectivity index (χ2v) is 14.3. The van der Waals surface area contributed by atoms with Gasteiger partial charge in [-0.3, -0.25) is 4.79 Å². The van der Waals surface area contributed by atoms with Gasteiger partial charge >= 0.3 is 0 Å². The maximum Gasteiger partial charge on any atom is 0.137 e. The Morgan fingerprint density at radius 1 is 1.00 bits per heavy atom. The Kier molecular flexibility index (Phi) is 6.10. The summed E-state index contributed by atoms with van der Waals surface area (Å²) in [7, 11) is 0. The highest BCUT2D eigenvalue weighted by molar-refractivity contribution is 5.84. The van der Waals surface area contributed by atoms with Crippen LogP contribution >= 0.6 is 0 Å². The second-order valence-electron chi connectivity index (χ2n) is 14.3. The summed E-state index contributed by atoms with van der Waals surface area (Å²) in [5.41, 5.74) is 0.555. The lowest BCUT2D eigenvalue weighted by Gasteiger charge is -2.69. The number of hydrogen-bond donors (Lipinski definition) is 2.